The van der Waals surface area contributed by atoms with E-state index in [1.54, 1.807) is 6.20 Å². The third kappa shape index (κ3) is 2.67. The summed E-state index contributed by atoms with van der Waals surface area (Å²) >= 11 is 0. The fourth-order valence-electron chi connectivity index (χ4n) is 3.60. The molecular weight excluding hydrogens is 264 g/mol. The second kappa shape index (κ2) is 5.88. The number of nitrogens with zero attached hydrogens (tertiary/aromatic N) is 2. The molecule has 4 heteroatoms. The Morgan fingerprint density at radius 1 is 1.48 bits per heavy atom. The molecule has 1 atom stereocenters. The van der Waals surface area contributed by atoms with Crippen molar-refractivity contribution >= 4 is 11.7 Å². The van der Waals surface area contributed by atoms with Gasteiger partial charge in [0.25, 0.3) is 0 Å². The zero-order valence-corrected chi connectivity index (χ0v) is 12.5. The van der Waals surface area contributed by atoms with E-state index in [0.29, 0.717) is 6.61 Å². The van der Waals surface area contributed by atoms with Gasteiger partial charge >= 0.3 is 6.09 Å². The SMILES string of the molecule is CCOC(=O)N1CCCC12CC=C(c1cccnc1)CC2. The normalized spacial score (nSPS) is 25.0. The Kier molecular flexibility index (Phi) is 3.95. The second-order valence-electron chi connectivity index (χ2n) is 5.85. The first-order valence-corrected chi connectivity index (χ1v) is 7.79. The van der Waals surface area contributed by atoms with Crippen LogP contribution in [0.5, 0.6) is 0 Å². The fourth-order valence-corrected chi connectivity index (χ4v) is 3.60. The largest absolute Gasteiger partial charge is 0.450 e. The zero-order valence-electron chi connectivity index (χ0n) is 12.5. The fraction of sp³-hybridized carbons (Fsp3) is 0.529. The summed E-state index contributed by atoms with van der Waals surface area (Å²) in [7, 11) is 0. The molecule has 1 aliphatic carbocycles. The Morgan fingerprint density at radius 2 is 2.38 bits per heavy atom. The summed E-state index contributed by atoms with van der Waals surface area (Å²) in [4.78, 5) is 18.3. The van der Waals surface area contributed by atoms with Crippen LogP contribution < -0.4 is 0 Å². The molecule has 1 fully saturated rings. The number of hydrogen-bond acceptors (Lipinski definition) is 3. The van der Waals surface area contributed by atoms with E-state index in [4.69, 9.17) is 4.74 Å². The Balaban J connectivity index is 1.77. The first-order valence-electron chi connectivity index (χ1n) is 7.79. The van der Waals surface area contributed by atoms with Crippen LogP contribution in [0.15, 0.2) is 30.6 Å². The maximum Gasteiger partial charge on any atom is 0.410 e. The number of amides is 1. The van der Waals surface area contributed by atoms with Gasteiger partial charge < -0.3 is 9.64 Å². The number of allylic oxidation sites excluding steroid dienone is 1. The lowest BCUT2D eigenvalue weighted by atomic mass is 9.79. The number of rotatable bonds is 2. The van der Waals surface area contributed by atoms with Crippen molar-refractivity contribution in [3.05, 3.63) is 36.2 Å². The average Bonchev–Trinajstić information content (AvgIpc) is 2.92. The smallest absolute Gasteiger partial charge is 0.410 e. The summed E-state index contributed by atoms with van der Waals surface area (Å²) in [6.45, 7) is 3.14. The molecule has 2 heterocycles. The maximum atomic E-state index is 12.1. The number of hydrogen-bond donors (Lipinski definition) is 0. The van der Waals surface area contributed by atoms with E-state index in [0.717, 1.165) is 38.6 Å². The molecule has 2 aliphatic rings. The van der Waals surface area contributed by atoms with Gasteiger partial charge in [-0.15, -0.1) is 0 Å². The van der Waals surface area contributed by atoms with Crippen molar-refractivity contribution in [3.8, 4) is 0 Å². The highest BCUT2D eigenvalue weighted by molar-refractivity contribution is 5.71. The highest BCUT2D eigenvalue weighted by atomic mass is 16.6. The molecule has 1 unspecified atom stereocenters. The summed E-state index contributed by atoms with van der Waals surface area (Å²) in [5.41, 5.74) is 2.54. The van der Waals surface area contributed by atoms with E-state index in [1.807, 2.05) is 24.1 Å². The predicted molar refractivity (Wildman–Crippen MR) is 81.8 cm³/mol. The molecule has 0 N–H and O–H groups in total. The molecule has 21 heavy (non-hydrogen) atoms. The van der Waals surface area contributed by atoms with Crippen molar-refractivity contribution in [1.82, 2.24) is 9.88 Å². The van der Waals surface area contributed by atoms with E-state index < -0.39 is 0 Å². The molecule has 0 aromatic carbocycles. The van der Waals surface area contributed by atoms with Crippen molar-refractivity contribution in [3.63, 3.8) is 0 Å². The number of carbonyl (C=O) groups excluding carboxylic acids is 1. The molecule has 3 rings (SSSR count). The number of aromatic nitrogens is 1. The summed E-state index contributed by atoms with van der Waals surface area (Å²) in [6, 6.07) is 4.08. The number of carbonyl (C=O) groups is 1. The molecule has 1 aromatic heterocycles. The molecule has 112 valence electrons. The minimum Gasteiger partial charge on any atom is -0.450 e. The molecule has 0 bridgehead atoms. The van der Waals surface area contributed by atoms with Crippen LogP contribution in [0.4, 0.5) is 4.79 Å². The van der Waals surface area contributed by atoms with Gasteiger partial charge in [0.05, 0.1) is 12.1 Å². The van der Waals surface area contributed by atoms with Gasteiger partial charge in [-0.25, -0.2) is 4.79 Å². The van der Waals surface area contributed by atoms with E-state index in [-0.39, 0.29) is 11.6 Å². The van der Waals surface area contributed by atoms with Crippen LogP contribution in [0.1, 0.15) is 44.6 Å². The first kappa shape index (κ1) is 14.1. The molecule has 4 nitrogen and oxygen atoms in total. The lowest BCUT2D eigenvalue weighted by molar-refractivity contribution is 0.0695. The van der Waals surface area contributed by atoms with Crippen molar-refractivity contribution in [2.45, 2.75) is 44.6 Å². The molecule has 0 saturated carbocycles. The van der Waals surface area contributed by atoms with Crippen LogP contribution in [-0.2, 0) is 4.74 Å². The van der Waals surface area contributed by atoms with Gasteiger partial charge in [-0.05, 0) is 56.2 Å². The molecular formula is C17H22N2O2. The Labute approximate surface area is 125 Å². The zero-order chi connectivity index (χ0) is 14.7. The summed E-state index contributed by atoms with van der Waals surface area (Å²) < 4.78 is 5.22. The lowest BCUT2D eigenvalue weighted by Crippen LogP contribution is -2.48. The van der Waals surface area contributed by atoms with Gasteiger partial charge in [0.1, 0.15) is 0 Å². The predicted octanol–water partition coefficient (Wildman–Crippen LogP) is 3.64. The van der Waals surface area contributed by atoms with Gasteiger partial charge in [-0.3, -0.25) is 4.98 Å². The molecule has 1 saturated heterocycles. The average molecular weight is 286 g/mol. The third-order valence-corrected chi connectivity index (χ3v) is 4.71. The molecule has 1 aromatic rings. The monoisotopic (exact) mass is 286 g/mol. The highest BCUT2D eigenvalue weighted by Crippen LogP contribution is 2.43. The topological polar surface area (TPSA) is 42.4 Å². The number of likely N-dealkylation sites (tertiary alicyclic amines) is 1. The molecule has 1 spiro atoms. The second-order valence-corrected chi connectivity index (χ2v) is 5.85. The van der Waals surface area contributed by atoms with Crippen LogP contribution in [0, 0.1) is 0 Å². The summed E-state index contributed by atoms with van der Waals surface area (Å²) in [5, 5.41) is 0. The number of pyridine rings is 1. The van der Waals surface area contributed by atoms with Gasteiger partial charge in [-0.1, -0.05) is 12.1 Å². The standard InChI is InChI=1S/C17H22N2O2/c1-2-21-16(20)19-12-4-8-17(19)9-6-14(7-10-17)15-5-3-11-18-13-15/h3,5-6,11,13H,2,4,7-10,12H2,1H3. The van der Waals surface area contributed by atoms with E-state index >= 15 is 0 Å². The molecule has 1 amide bonds. The molecule has 1 aliphatic heterocycles. The third-order valence-electron chi connectivity index (χ3n) is 4.71. The van der Waals surface area contributed by atoms with Crippen molar-refractivity contribution < 1.29 is 9.53 Å². The van der Waals surface area contributed by atoms with Crippen LogP contribution in [0.3, 0.4) is 0 Å². The van der Waals surface area contributed by atoms with Gasteiger partial charge in [-0.2, -0.15) is 0 Å². The lowest BCUT2D eigenvalue weighted by Gasteiger charge is -2.40. The minimum absolute atomic E-state index is 0.0159. The van der Waals surface area contributed by atoms with Gasteiger partial charge in [0.15, 0.2) is 0 Å². The van der Waals surface area contributed by atoms with E-state index in [1.165, 1.54) is 11.1 Å². The van der Waals surface area contributed by atoms with Crippen LogP contribution in [0.2, 0.25) is 0 Å². The highest BCUT2D eigenvalue weighted by Gasteiger charge is 2.44. The summed E-state index contributed by atoms with van der Waals surface area (Å²) in [5.74, 6) is 0. The Bertz CT molecular complexity index is 541. The first-order chi connectivity index (χ1) is 10.2. The van der Waals surface area contributed by atoms with Crippen LogP contribution in [0.25, 0.3) is 5.57 Å². The van der Waals surface area contributed by atoms with E-state index in [9.17, 15) is 4.79 Å². The van der Waals surface area contributed by atoms with Crippen LogP contribution >= 0.6 is 0 Å². The van der Waals surface area contributed by atoms with Crippen molar-refractivity contribution in [2.75, 3.05) is 13.2 Å². The summed E-state index contributed by atoms with van der Waals surface area (Å²) in [6.07, 6.45) is 11.0. The van der Waals surface area contributed by atoms with E-state index in [2.05, 4.69) is 17.1 Å². The Morgan fingerprint density at radius 3 is 3.05 bits per heavy atom. The maximum absolute atomic E-state index is 12.1. The van der Waals surface area contributed by atoms with Crippen molar-refractivity contribution in [1.29, 1.82) is 0 Å². The van der Waals surface area contributed by atoms with Crippen molar-refractivity contribution in [2.24, 2.45) is 0 Å². The minimum atomic E-state index is -0.145. The van der Waals surface area contributed by atoms with Crippen LogP contribution in [-0.4, -0.2) is 34.7 Å². The number of ether oxygens (including phenoxy) is 1. The van der Waals surface area contributed by atoms with Gasteiger partial charge in [0, 0.05) is 18.9 Å². The quantitative estimate of drug-likeness (QED) is 0.833. The molecule has 0 radical (unpaired) electrons. The Hall–Kier alpha value is -1.84. The van der Waals surface area contributed by atoms with Gasteiger partial charge in [0.2, 0.25) is 0 Å².